The molecular weight excluding hydrogens is 352 g/mol. The number of benzene rings is 2. The lowest BCUT2D eigenvalue weighted by molar-refractivity contribution is 0.0998. The lowest BCUT2D eigenvalue weighted by Gasteiger charge is -2.30. The Kier molecular flexibility index (Phi) is 3.90. The largest absolute Gasteiger partial charge is 0.394 e. The molecule has 0 saturated carbocycles. The molecule has 0 saturated heterocycles. The van der Waals surface area contributed by atoms with Crippen LogP contribution in [0.4, 0.5) is 0 Å². The summed E-state index contributed by atoms with van der Waals surface area (Å²) in [7, 11) is -3.91. The average Bonchev–Trinajstić information content (AvgIpc) is 3.12. The van der Waals surface area contributed by atoms with E-state index in [0.29, 0.717) is 0 Å². The van der Waals surface area contributed by atoms with Crippen LogP contribution in [0.15, 0.2) is 65.3 Å². The van der Waals surface area contributed by atoms with Gasteiger partial charge in [-0.3, -0.25) is 9.10 Å². The summed E-state index contributed by atoms with van der Waals surface area (Å²) in [6, 6.07) is 13.6. The van der Waals surface area contributed by atoms with Crippen LogP contribution in [0.1, 0.15) is 15.9 Å². The number of hydrogen-bond donors (Lipinski definition) is 2. The Morgan fingerprint density at radius 1 is 1.08 bits per heavy atom. The van der Waals surface area contributed by atoms with Gasteiger partial charge in [0, 0.05) is 22.7 Å². The quantitative estimate of drug-likeness (QED) is 0.695. The Hall–Kier alpha value is -2.90. The number of Topliss-reactive ketones (excluding diaryl/α,β-unsaturated/α-hetero) is 1. The van der Waals surface area contributed by atoms with Crippen molar-refractivity contribution >= 4 is 32.8 Å². The van der Waals surface area contributed by atoms with E-state index in [1.807, 2.05) is 24.3 Å². The minimum Gasteiger partial charge on any atom is -0.394 e. The van der Waals surface area contributed by atoms with Gasteiger partial charge in [0.2, 0.25) is 5.78 Å². The zero-order valence-electron chi connectivity index (χ0n) is 13.7. The number of allylic oxidation sites excluding steroid dienone is 1. The smallest absolute Gasteiger partial charge is 0.265 e. The molecule has 0 spiro atoms. The molecule has 2 aromatic carbocycles. The van der Waals surface area contributed by atoms with E-state index in [-0.39, 0.29) is 35.1 Å². The van der Waals surface area contributed by atoms with Crippen LogP contribution in [-0.2, 0) is 10.0 Å². The first-order valence-corrected chi connectivity index (χ1v) is 9.53. The summed E-state index contributed by atoms with van der Waals surface area (Å²) in [5.41, 5.74) is 1.80. The molecule has 0 amide bonds. The van der Waals surface area contributed by atoms with Crippen LogP contribution < -0.4 is 0 Å². The van der Waals surface area contributed by atoms with E-state index in [9.17, 15) is 18.3 Å². The number of carbonyl (C=O) groups excluding carboxylic acids is 1. The molecule has 1 aliphatic rings. The molecule has 26 heavy (non-hydrogen) atoms. The minimum absolute atomic E-state index is 0.0320. The van der Waals surface area contributed by atoms with Crippen LogP contribution in [0.5, 0.6) is 0 Å². The monoisotopic (exact) mass is 368 g/mol. The standard InChI is InChI=1S/C19H16N2O4S/c22-11-10-21-17(12-13-4-3-6-16-14(13)8-9-20-16)19(23)15-5-1-2-7-18(15)26(21,24)25/h1-9,12,20,22H,10-11H2/b17-12-. The molecule has 0 unspecified atom stereocenters. The molecule has 2 heterocycles. The molecule has 4 rings (SSSR count). The van der Waals surface area contributed by atoms with Crippen LogP contribution in [0.2, 0.25) is 0 Å². The maximum absolute atomic E-state index is 13.0. The van der Waals surface area contributed by atoms with Crippen molar-refractivity contribution in [2.24, 2.45) is 0 Å². The molecule has 2 N–H and O–H groups in total. The second-order valence-electron chi connectivity index (χ2n) is 5.94. The third kappa shape index (κ3) is 2.44. The fourth-order valence-electron chi connectivity index (χ4n) is 3.23. The number of aromatic nitrogens is 1. The van der Waals surface area contributed by atoms with Gasteiger partial charge in [-0.05, 0) is 35.9 Å². The highest BCUT2D eigenvalue weighted by molar-refractivity contribution is 7.89. The highest BCUT2D eigenvalue weighted by Crippen LogP contribution is 2.33. The van der Waals surface area contributed by atoms with Gasteiger partial charge in [0.1, 0.15) is 5.70 Å². The van der Waals surface area contributed by atoms with Gasteiger partial charge >= 0.3 is 0 Å². The van der Waals surface area contributed by atoms with Crippen LogP contribution in [0, 0.1) is 0 Å². The molecule has 0 aliphatic carbocycles. The van der Waals surface area contributed by atoms with Crippen LogP contribution in [-0.4, -0.2) is 41.7 Å². The average molecular weight is 368 g/mol. The molecule has 3 aromatic rings. The van der Waals surface area contributed by atoms with Crippen molar-refractivity contribution in [3.05, 3.63) is 71.6 Å². The predicted octanol–water partition coefficient (Wildman–Crippen LogP) is 2.39. The van der Waals surface area contributed by atoms with Crippen molar-refractivity contribution in [3.63, 3.8) is 0 Å². The van der Waals surface area contributed by atoms with Crippen molar-refractivity contribution in [2.75, 3.05) is 13.2 Å². The number of carbonyl (C=O) groups is 1. The highest BCUT2D eigenvalue weighted by Gasteiger charge is 2.38. The number of aliphatic hydroxyl groups is 1. The number of aliphatic hydroxyl groups excluding tert-OH is 1. The molecule has 0 radical (unpaired) electrons. The van der Waals surface area contributed by atoms with Gasteiger partial charge in [0.15, 0.2) is 0 Å². The van der Waals surface area contributed by atoms with Crippen molar-refractivity contribution in [3.8, 4) is 0 Å². The summed E-state index contributed by atoms with van der Waals surface area (Å²) in [6.07, 6.45) is 3.36. The number of β-amino-alcohol motifs (C(OH)–C–C–N with tert-alkyl or cyclic N) is 1. The second-order valence-corrected chi connectivity index (χ2v) is 7.77. The third-order valence-electron chi connectivity index (χ3n) is 4.43. The van der Waals surface area contributed by atoms with E-state index in [1.165, 1.54) is 12.1 Å². The minimum atomic E-state index is -3.91. The first-order valence-electron chi connectivity index (χ1n) is 8.09. The number of sulfonamides is 1. The molecule has 0 atom stereocenters. The number of aromatic amines is 1. The molecule has 1 aliphatic heterocycles. The summed E-state index contributed by atoms with van der Waals surface area (Å²) < 4.78 is 26.9. The van der Waals surface area contributed by atoms with Crippen molar-refractivity contribution in [1.29, 1.82) is 0 Å². The van der Waals surface area contributed by atoms with Crippen LogP contribution in [0.25, 0.3) is 17.0 Å². The Morgan fingerprint density at radius 3 is 2.69 bits per heavy atom. The normalized spacial score (nSPS) is 17.7. The van der Waals surface area contributed by atoms with E-state index in [2.05, 4.69) is 4.98 Å². The molecule has 0 fully saturated rings. The number of nitrogens with zero attached hydrogens (tertiary/aromatic N) is 1. The Bertz CT molecular complexity index is 1150. The van der Waals surface area contributed by atoms with Gasteiger partial charge in [-0.1, -0.05) is 24.3 Å². The van der Waals surface area contributed by atoms with Gasteiger partial charge < -0.3 is 10.1 Å². The van der Waals surface area contributed by atoms with Crippen molar-refractivity contribution in [2.45, 2.75) is 4.90 Å². The number of fused-ring (bicyclic) bond motifs is 2. The van der Waals surface area contributed by atoms with Gasteiger partial charge in [-0.2, -0.15) is 0 Å². The number of H-pyrrole nitrogens is 1. The maximum atomic E-state index is 13.0. The number of rotatable bonds is 3. The lowest BCUT2D eigenvalue weighted by atomic mass is 10.0. The van der Waals surface area contributed by atoms with E-state index >= 15 is 0 Å². The molecule has 132 valence electrons. The lowest BCUT2D eigenvalue weighted by Crippen LogP contribution is -2.40. The molecule has 6 nitrogen and oxygen atoms in total. The summed E-state index contributed by atoms with van der Waals surface area (Å²) in [5, 5.41) is 10.2. The van der Waals surface area contributed by atoms with Crippen molar-refractivity contribution < 1.29 is 18.3 Å². The zero-order valence-corrected chi connectivity index (χ0v) is 14.5. The predicted molar refractivity (Wildman–Crippen MR) is 98.0 cm³/mol. The fraction of sp³-hybridized carbons (Fsp3) is 0.105. The summed E-state index contributed by atoms with van der Waals surface area (Å²) in [6.45, 7) is -0.572. The second kappa shape index (κ2) is 6.12. The van der Waals surface area contributed by atoms with E-state index in [1.54, 1.807) is 24.4 Å². The van der Waals surface area contributed by atoms with Gasteiger partial charge in [-0.25, -0.2) is 8.42 Å². The zero-order chi connectivity index (χ0) is 18.3. The Morgan fingerprint density at radius 2 is 1.88 bits per heavy atom. The van der Waals surface area contributed by atoms with Gasteiger partial charge in [-0.15, -0.1) is 0 Å². The number of hydrogen-bond acceptors (Lipinski definition) is 4. The molecule has 7 heteroatoms. The molecule has 1 aromatic heterocycles. The summed E-state index contributed by atoms with van der Waals surface area (Å²) in [4.78, 5) is 16.1. The van der Waals surface area contributed by atoms with E-state index < -0.39 is 10.0 Å². The van der Waals surface area contributed by atoms with Crippen LogP contribution in [0.3, 0.4) is 0 Å². The SMILES string of the molecule is O=C1/C(=C/c2cccc3[nH]ccc23)N(CCO)S(=O)(=O)c2ccccc21. The van der Waals surface area contributed by atoms with Gasteiger partial charge in [0.05, 0.1) is 18.0 Å². The molecule has 0 bridgehead atoms. The first-order chi connectivity index (χ1) is 12.5. The highest BCUT2D eigenvalue weighted by atomic mass is 32.2. The fourth-order valence-corrected chi connectivity index (χ4v) is 4.87. The number of ketones is 1. The maximum Gasteiger partial charge on any atom is 0.265 e. The van der Waals surface area contributed by atoms with E-state index in [0.717, 1.165) is 20.8 Å². The first kappa shape index (κ1) is 16.6. The summed E-state index contributed by atoms with van der Waals surface area (Å²) in [5.74, 6) is -0.378. The van der Waals surface area contributed by atoms with Gasteiger partial charge in [0.25, 0.3) is 10.0 Å². The van der Waals surface area contributed by atoms with E-state index in [4.69, 9.17) is 0 Å². The van der Waals surface area contributed by atoms with Crippen LogP contribution >= 0.6 is 0 Å². The molecular formula is C19H16N2O4S. The van der Waals surface area contributed by atoms with Crippen molar-refractivity contribution in [1.82, 2.24) is 9.29 Å². The summed E-state index contributed by atoms with van der Waals surface area (Å²) >= 11 is 0. The third-order valence-corrected chi connectivity index (χ3v) is 6.30. The number of nitrogens with one attached hydrogen (secondary N) is 1. The Balaban J connectivity index is 1.97. The topological polar surface area (TPSA) is 90.5 Å². The Labute approximate surface area is 150 Å².